The van der Waals surface area contributed by atoms with E-state index < -0.39 is 10.0 Å². The molecule has 1 aliphatic heterocycles. The Kier molecular flexibility index (Phi) is 3.89. The summed E-state index contributed by atoms with van der Waals surface area (Å²) in [7, 11) is -3.66. The van der Waals surface area contributed by atoms with E-state index in [0.29, 0.717) is 19.0 Å². The molecule has 10 heteroatoms. The summed E-state index contributed by atoms with van der Waals surface area (Å²) in [5, 5.41) is 7.78. The number of nitrogens with one attached hydrogen (secondary N) is 1. The first-order valence-corrected chi connectivity index (χ1v) is 10.1. The van der Waals surface area contributed by atoms with Crippen molar-refractivity contribution in [1.29, 1.82) is 0 Å². The fourth-order valence-electron chi connectivity index (χ4n) is 2.92. The van der Waals surface area contributed by atoms with Gasteiger partial charge in [0.25, 0.3) is 21.1 Å². The molecule has 1 saturated heterocycles. The highest BCUT2D eigenvalue weighted by molar-refractivity contribution is 7.88. The number of aromatic nitrogens is 3. The van der Waals surface area contributed by atoms with Gasteiger partial charge >= 0.3 is 0 Å². The number of amides is 1. The number of carbonyl (C=O) groups excluding carboxylic acids is 1. The Morgan fingerprint density at radius 2 is 2.00 bits per heavy atom. The van der Waals surface area contributed by atoms with Gasteiger partial charge in [0.15, 0.2) is 0 Å². The quantitative estimate of drug-likeness (QED) is 0.865. The molecule has 2 fully saturated rings. The number of nitrogens with zero attached hydrogens (tertiary/aromatic N) is 4. The van der Waals surface area contributed by atoms with E-state index in [9.17, 15) is 13.2 Å². The summed E-state index contributed by atoms with van der Waals surface area (Å²) < 4.78 is 26.1. The van der Waals surface area contributed by atoms with E-state index in [1.807, 2.05) is 11.4 Å². The molecular weight excluding hydrogens is 350 g/mol. The summed E-state index contributed by atoms with van der Waals surface area (Å²) in [6, 6.07) is 2.04. The van der Waals surface area contributed by atoms with Crippen molar-refractivity contribution in [3.8, 4) is 0 Å². The minimum absolute atomic E-state index is 0.0172. The Morgan fingerprint density at radius 3 is 2.62 bits per heavy atom. The number of H-pyrrole nitrogens is 1. The number of rotatable bonds is 4. The topological polar surface area (TPSA) is 99.3 Å². The summed E-state index contributed by atoms with van der Waals surface area (Å²) in [4.78, 5) is 19.0. The molecule has 2 aromatic rings. The average Bonchev–Trinajstić information content (AvgIpc) is 3.09. The second-order valence-corrected chi connectivity index (χ2v) is 8.74. The molecule has 1 amide bonds. The number of carbonyl (C=O) groups is 1. The zero-order valence-corrected chi connectivity index (χ0v) is 14.5. The van der Waals surface area contributed by atoms with Gasteiger partial charge in [-0.15, -0.1) is 11.3 Å². The number of piperazine rings is 1. The molecule has 0 bridgehead atoms. The van der Waals surface area contributed by atoms with Crippen molar-refractivity contribution >= 4 is 27.3 Å². The number of hydrogen-bond donors (Lipinski definition) is 1. The van der Waals surface area contributed by atoms with Crippen LogP contribution in [0.15, 0.2) is 22.9 Å². The number of thiophene rings is 1. The maximum absolute atomic E-state index is 12.7. The van der Waals surface area contributed by atoms with Crippen LogP contribution in [0.3, 0.4) is 0 Å². The van der Waals surface area contributed by atoms with E-state index in [-0.39, 0.29) is 24.2 Å². The summed E-state index contributed by atoms with van der Waals surface area (Å²) in [5.74, 6) is 0.548. The molecule has 1 aliphatic carbocycles. The van der Waals surface area contributed by atoms with E-state index in [1.165, 1.54) is 22.0 Å². The van der Waals surface area contributed by atoms with Crippen molar-refractivity contribution < 1.29 is 13.2 Å². The van der Waals surface area contributed by atoms with Gasteiger partial charge in [-0.1, -0.05) is 0 Å². The van der Waals surface area contributed by atoms with E-state index in [1.54, 1.807) is 4.90 Å². The van der Waals surface area contributed by atoms with E-state index in [0.717, 1.165) is 23.3 Å². The second kappa shape index (κ2) is 5.94. The molecule has 24 heavy (non-hydrogen) atoms. The minimum atomic E-state index is -3.66. The first kappa shape index (κ1) is 15.7. The van der Waals surface area contributed by atoms with Gasteiger partial charge in [0.05, 0.1) is 4.88 Å². The van der Waals surface area contributed by atoms with Crippen LogP contribution in [0.5, 0.6) is 0 Å². The van der Waals surface area contributed by atoms with Crippen LogP contribution in [-0.4, -0.2) is 64.9 Å². The van der Waals surface area contributed by atoms with Crippen molar-refractivity contribution in [3.05, 3.63) is 28.2 Å². The smallest absolute Gasteiger partial charge is 0.278 e. The zero-order valence-electron chi connectivity index (χ0n) is 12.9. The third kappa shape index (κ3) is 2.74. The fraction of sp³-hybridized carbons (Fsp3) is 0.500. The lowest BCUT2D eigenvalue weighted by molar-refractivity contribution is 0.0701. The lowest BCUT2D eigenvalue weighted by Crippen LogP contribution is -2.50. The van der Waals surface area contributed by atoms with Gasteiger partial charge in [0, 0.05) is 26.2 Å². The van der Waals surface area contributed by atoms with Crippen LogP contribution in [0.2, 0.25) is 0 Å². The van der Waals surface area contributed by atoms with Crippen LogP contribution in [0, 0.1) is 0 Å². The van der Waals surface area contributed by atoms with Gasteiger partial charge in [-0.05, 0) is 35.8 Å². The molecule has 2 aromatic heterocycles. The van der Waals surface area contributed by atoms with Crippen LogP contribution < -0.4 is 0 Å². The summed E-state index contributed by atoms with van der Waals surface area (Å²) >= 11 is 1.48. The summed E-state index contributed by atoms with van der Waals surface area (Å²) in [6.07, 6.45) is 3.48. The van der Waals surface area contributed by atoms with Crippen molar-refractivity contribution in [2.75, 3.05) is 26.2 Å². The Bertz CT molecular complexity index is 834. The summed E-state index contributed by atoms with van der Waals surface area (Å²) in [6.45, 7) is 1.29. The largest absolute Gasteiger partial charge is 0.335 e. The Hall–Kier alpha value is -1.78. The van der Waals surface area contributed by atoms with Gasteiger partial charge in [0.1, 0.15) is 6.33 Å². The van der Waals surface area contributed by atoms with Crippen molar-refractivity contribution in [1.82, 2.24) is 24.4 Å². The molecule has 1 saturated carbocycles. The zero-order chi connectivity index (χ0) is 16.7. The average molecular weight is 367 g/mol. The van der Waals surface area contributed by atoms with Gasteiger partial charge in [-0.3, -0.25) is 4.79 Å². The molecule has 3 heterocycles. The Morgan fingerprint density at radius 1 is 1.25 bits per heavy atom. The SMILES string of the molecule is O=C(c1sccc1C1CC1)N1CCN(S(=O)(=O)c2ncn[nH]2)CC1. The molecule has 128 valence electrons. The lowest BCUT2D eigenvalue weighted by Gasteiger charge is -2.33. The maximum Gasteiger partial charge on any atom is 0.278 e. The van der Waals surface area contributed by atoms with Crippen LogP contribution in [-0.2, 0) is 10.0 Å². The first-order chi connectivity index (χ1) is 11.6. The van der Waals surface area contributed by atoms with Crippen LogP contribution in [0.25, 0.3) is 0 Å². The van der Waals surface area contributed by atoms with E-state index >= 15 is 0 Å². The molecule has 0 atom stereocenters. The molecule has 8 nitrogen and oxygen atoms in total. The highest BCUT2D eigenvalue weighted by atomic mass is 32.2. The van der Waals surface area contributed by atoms with Crippen LogP contribution >= 0.6 is 11.3 Å². The van der Waals surface area contributed by atoms with Gasteiger partial charge in [-0.2, -0.15) is 9.40 Å². The van der Waals surface area contributed by atoms with Gasteiger partial charge < -0.3 is 4.90 Å². The predicted molar refractivity (Wildman–Crippen MR) is 87.3 cm³/mol. The standard InChI is InChI=1S/C14H17N5O3S2/c20-13(12-11(3-8-23-12)10-1-2-10)18-4-6-19(7-5-18)24(21,22)14-15-9-16-17-14/h3,8-10H,1-2,4-7H2,(H,15,16,17). The Labute approximate surface area is 143 Å². The normalized spacial score (nSPS) is 19.6. The fourth-order valence-corrected chi connectivity index (χ4v) is 5.11. The molecule has 0 aromatic carbocycles. The van der Waals surface area contributed by atoms with Crippen molar-refractivity contribution in [2.45, 2.75) is 23.9 Å². The molecule has 4 rings (SSSR count). The predicted octanol–water partition coefficient (Wildman–Crippen LogP) is 0.890. The van der Waals surface area contributed by atoms with Crippen LogP contribution in [0.1, 0.15) is 34.0 Å². The number of aromatic amines is 1. The third-order valence-corrected chi connectivity index (χ3v) is 7.06. The molecular formula is C14H17N5O3S2. The third-order valence-electron chi connectivity index (χ3n) is 4.41. The Balaban J connectivity index is 1.44. The minimum Gasteiger partial charge on any atom is -0.335 e. The van der Waals surface area contributed by atoms with E-state index in [4.69, 9.17) is 0 Å². The molecule has 0 spiro atoms. The molecule has 2 aliphatic rings. The number of sulfonamides is 1. The highest BCUT2D eigenvalue weighted by Gasteiger charge is 2.34. The van der Waals surface area contributed by atoms with Crippen molar-refractivity contribution in [2.24, 2.45) is 0 Å². The lowest BCUT2D eigenvalue weighted by atomic mass is 10.1. The van der Waals surface area contributed by atoms with E-state index in [2.05, 4.69) is 15.2 Å². The van der Waals surface area contributed by atoms with Gasteiger partial charge in [-0.25, -0.2) is 18.5 Å². The maximum atomic E-state index is 12.7. The molecule has 0 radical (unpaired) electrons. The first-order valence-electron chi connectivity index (χ1n) is 7.79. The monoisotopic (exact) mass is 367 g/mol. The molecule has 0 unspecified atom stereocenters. The molecule has 1 N–H and O–H groups in total. The van der Waals surface area contributed by atoms with Gasteiger partial charge in [0.2, 0.25) is 0 Å². The highest BCUT2D eigenvalue weighted by Crippen LogP contribution is 2.43. The second-order valence-electron chi connectivity index (χ2n) is 5.97. The van der Waals surface area contributed by atoms with Crippen LogP contribution in [0.4, 0.5) is 0 Å². The van der Waals surface area contributed by atoms with Crippen molar-refractivity contribution in [3.63, 3.8) is 0 Å². The number of hydrogen-bond acceptors (Lipinski definition) is 6. The summed E-state index contributed by atoms with van der Waals surface area (Å²) in [5.41, 5.74) is 1.15.